The number of rotatable bonds is 4. The summed E-state index contributed by atoms with van der Waals surface area (Å²) in [5.41, 5.74) is 0.0880. The predicted molar refractivity (Wildman–Crippen MR) is 83.3 cm³/mol. The Morgan fingerprint density at radius 3 is 2.77 bits per heavy atom. The number of nitro groups is 1. The van der Waals surface area contributed by atoms with E-state index >= 15 is 0 Å². The van der Waals surface area contributed by atoms with Gasteiger partial charge in [-0.15, -0.1) is 0 Å². The Morgan fingerprint density at radius 2 is 2.18 bits per heavy atom. The molecular formula is C15H21N3O4. The van der Waals surface area contributed by atoms with Crippen LogP contribution in [0.4, 0.5) is 11.4 Å². The zero-order valence-electron chi connectivity index (χ0n) is 13.3. The third kappa shape index (κ3) is 3.66. The largest absolute Gasteiger partial charge is 0.484 e. The highest BCUT2D eigenvalue weighted by molar-refractivity contribution is 5.83. The summed E-state index contributed by atoms with van der Waals surface area (Å²) in [6.07, 6.45) is 0. The number of nitro benzene ring substituents is 1. The van der Waals surface area contributed by atoms with E-state index in [0.29, 0.717) is 18.0 Å². The zero-order valence-corrected chi connectivity index (χ0v) is 13.3. The average molecular weight is 307 g/mol. The van der Waals surface area contributed by atoms with Gasteiger partial charge in [-0.25, -0.2) is 0 Å². The first-order valence-corrected chi connectivity index (χ1v) is 7.20. The van der Waals surface area contributed by atoms with Crippen molar-refractivity contribution in [1.82, 2.24) is 5.32 Å². The highest BCUT2D eigenvalue weighted by Gasteiger charge is 2.33. The van der Waals surface area contributed by atoms with E-state index in [1.807, 2.05) is 32.6 Å². The molecule has 120 valence electrons. The van der Waals surface area contributed by atoms with Gasteiger partial charge in [-0.05, 0) is 33.8 Å². The molecule has 0 fully saturated rings. The van der Waals surface area contributed by atoms with Crippen LogP contribution in [-0.4, -0.2) is 35.6 Å². The van der Waals surface area contributed by atoms with Crippen LogP contribution in [0.2, 0.25) is 0 Å². The van der Waals surface area contributed by atoms with Crippen molar-refractivity contribution in [2.24, 2.45) is 0 Å². The molecule has 0 bridgehead atoms. The normalized spacial score (nSPS) is 16.0. The van der Waals surface area contributed by atoms with E-state index in [1.165, 1.54) is 12.1 Å². The molecule has 7 heteroatoms. The standard InChI is InChI=1S/C15H21N3O4/c1-10(2)16-14(19)8-17-9-15(3,4)22-13-6-5-11(18(20)21)7-12(13)17/h5-7,10H,8-9H2,1-4H3,(H,16,19). The zero-order chi connectivity index (χ0) is 16.5. The van der Waals surface area contributed by atoms with Gasteiger partial charge in [0, 0.05) is 18.2 Å². The van der Waals surface area contributed by atoms with Gasteiger partial charge in [-0.1, -0.05) is 0 Å². The van der Waals surface area contributed by atoms with Crippen LogP contribution in [0, 0.1) is 10.1 Å². The Bertz CT molecular complexity index is 598. The fraction of sp³-hybridized carbons (Fsp3) is 0.533. The molecular weight excluding hydrogens is 286 g/mol. The van der Waals surface area contributed by atoms with Crippen LogP contribution < -0.4 is 15.0 Å². The van der Waals surface area contributed by atoms with E-state index in [2.05, 4.69) is 5.32 Å². The van der Waals surface area contributed by atoms with Gasteiger partial charge in [0.15, 0.2) is 0 Å². The molecule has 1 aliphatic rings. The summed E-state index contributed by atoms with van der Waals surface area (Å²) in [4.78, 5) is 24.4. The first-order valence-electron chi connectivity index (χ1n) is 7.20. The highest BCUT2D eigenvalue weighted by atomic mass is 16.6. The number of hydrogen-bond donors (Lipinski definition) is 1. The summed E-state index contributed by atoms with van der Waals surface area (Å²) < 4.78 is 5.85. The Balaban J connectivity index is 2.32. The molecule has 0 aliphatic carbocycles. The third-order valence-electron chi connectivity index (χ3n) is 3.24. The number of anilines is 1. The van der Waals surface area contributed by atoms with Crippen LogP contribution in [0.1, 0.15) is 27.7 Å². The molecule has 0 unspecified atom stereocenters. The van der Waals surface area contributed by atoms with Crippen LogP contribution >= 0.6 is 0 Å². The fourth-order valence-electron chi connectivity index (χ4n) is 2.51. The number of amides is 1. The third-order valence-corrected chi connectivity index (χ3v) is 3.24. The molecule has 1 N–H and O–H groups in total. The minimum atomic E-state index is -0.471. The Morgan fingerprint density at radius 1 is 1.50 bits per heavy atom. The van der Waals surface area contributed by atoms with Crippen molar-refractivity contribution in [2.45, 2.75) is 39.3 Å². The summed E-state index contributed by atoms with van der Waals surface area (Å²) in [7, 11) is 0. The molecule has 1 aromatic carbocycles. The summed E-state index contributed by atoms with van der Waals surface area (Å²) in [6.45, 7) is 8.24. The van der Waals surface area contributed by atoms with Gasteiger partial charge in [0.2, 0.25) is 5.91 Å². The predicted octanol–water partition coefficient (Wildman–Crippen LogP) is 2.10. The van der Waals surface area contributed by atoms with E-state index in [9.17, 15) is 14.9 Å². The Labute approximate surface area is 129 Å². The quantitative estimate of drug-likeness (QED) is 0.680. The number of hydrogen-bond acceptors (Lipinski definition) is 5. The molecule has 22 heavy (non-hydrogen) atoms. The highest BCUT2D eigenvalue weighted by Crippen LogP contribution is 2.39. The summed E-state index contributed by atoms with van der Waals surface area (Å²) in [5.74, 6) is 0.435. The lowest BCUT2D eigenvalue weighted by atomic mass is 10.0. The molecule has 0 atom stereocenters. The van der Waals surface area contributed by atoms with Gasteiger partial charge in [0.25, 0.3) is 5.69 Å². The fourth-order valence-corrected chi connectivity index (χ4v) is 2.51. The molecule has 1 heterocycles. The molecule has 1 amide bonds. The first kappa shape index (κ1) is 16.1. The maximum atomic E-state index is 12.0. The van der Waals surface area contributed by atoms with E-state index in [1.54, 1.807) is 6.07 Å². The van der Waals surface area contributed by atoms with Crippen LogP contribution in [0.15, 0.2) is 18.2 Å². The number of non-ortho nitro benzene ring substituents is 1. The number of ether oxygens (including phenoxy) is 1. The van der Waals surface area contributed by atoms with E-state index in [-0.39, 0.29) is 24.2 Å². The second-order valence-corrected chi connectivity index (χ2v) is 6.35. The van der Waals surface area contributed by atoms with Crippen LogP contribution in [0.3, 0.4) is 0 Å². The summed E-state index contributed by atoms with van der Waals surface area (Å²) in [5, 5.41) is 13.8. The maximum Gasteiger partial charge on any atom is 0.271 e. The molecule has 1 aliphatic heterocycles. The maximum absolute atomic E-state index is 12.0. The summed E-state index contributed by atoms with van der Waals surface area (Å²) >= 11 is 0. The van der Waals surface area contributed by atoms with Gasteiger partial charge >= 0.3 is 0 Å². The molecule has 7 nitrogen and oxygen atoms in total. The minimum Gasteiger partial charge on any atom is -0.484 e. The van der Waals surface area contributed by atoms with Gasteiger partial charge < -0.3 is 15.0 Å². The number of nitrogens with one attached hydrogen (secondary N) is 1. The first-order chi connectivity index (χ1) is 10.2. The molecule has 0 radical (unpaired) electrons. The van der Waals surface area contributed by atoms with Gasteiger partial charge in [0.05, 0.1) is 23.7 Å². The van der Waals surface area contributed by atoms with Gasteiger partial charge in [-0.3, -0.25) is 14.9 Å². The van der Waals surface area contributed by atoms with Crippen molar-refractivity contribution < 1.29 is 14.5 Å². The van der Waals surface area contributed by atoms with E-state index in [0.717, 1.165) is 0 Å². The van der Waals surface area contributed by atoms with Crippen molar-refractivity contribution in [3.05, 3.63) is 28.3 Å². The molecule has 0 saturated carbocycles. The number of carbonyl (C=O) groups excluding carboxylic acids is 1. The second kappa shape index (κ2) is 5.82. The lowest BCUT2D eigenvalue weighted by molar-refractivity contribution is -0.384. The van der Waals surface area contributed by atoms with Crippen molar-refractivity contribution in [3.63, 3.8) is 0 Å². The lowest BCUT2D eigenvalue weighted by Gasteiger charge is -2.40. The van der Waals surface area contributed by atoms with Crippen molar-refractivity contribution in [2.75, 3.05) is 18.0 Å². The van der Waals surface area contributed by atoms with Crippen molar-refractivity contribution in [1.29, 1.82) is 0 Å². The minimum absolute atomic E-state index is 0.0173. The Hall–Kier alpha value is -2.31. The van der Waals surface area contributed by atoms with Gasteiger partial charge in [-0.2, -0.15) is 0 Å². The van der Waals surface area contributed by atoms with Crippen LogP contribution in [0.25, 0.3) is 0 Å². The second-order valence-electron chi connectivity index (χ2n) is 6.35. The van der Waals surface area contributed by atoms with Crippen molar-refractivity contribution in [3.8, 4) is 5.75 Å². The molecule has 0 aromatic heterocycles. The molecule has 2 rings (SSSR count). The summed E-state index contributed by atoms with van der Waals surface area (Å²) in [6, 6.07) is 4.49. The number of nitrogens with zero attached hydrogens (tertiary/aromatic N) is 2. The molecule has 0 spiro atoms. The van der Waals surface area contributed by atoms with E-state index < -0.39 is 10.5 Å². The number of carbonyl (C=O) groups is 1. The smallest absolute Gasteiger partial charge is 0.271 e. The lowest BCUT2D eigenvalue weighted by Crippen LogP contribution is -2.50. The monoisotopic (exact) mass is 307 g/mol. The average Bonchev–Trinajstić information content (AvgIpc) is 2.35. The Kier molecular flexibility index (Phi) is 4.25. The van der Waals surface area contributed by atoms with E-state index in [4.69, 9.17) is 4.74 Å². The number of benzene rings is 1. The van der Waals surface area contributed by atoms with Crippen LogP contribution in [-0.2, 0) is 4.79 Å². The SMILES string of the molecule is CC(C)NC(=O)CN1CC(C)(C)Oc2ccc([N+](=O)[O-])cc21. The molecule has 1 aromatic rings. The molecule has 0 saturated heterocycles. The van der Waals surface area contributed by atoms with Crippen LogP contribution in [0.5, 0.6) is 5.75 Å². The number of fused-ring (bicyclic) bond motifs is 1. The van der Waals surface area contributed by atoms with Crippen molar-refractivity contribution >= 4 is 17.3 Å². The van der Waals surface area contributed by atoms with Gasteiger partial charge in [0.1, 0.15) is 11.4 Å². The topological polar surface area (TPSA) is 84.7 Å².